The van der Waals surface area contributed by atoms with Gasteiger partial charge in [-0.3, -0.25) is 4.40 Å². The van der Waals surface area contributed by atoms with Crippen molar-refractivity contribution in [3.63, 3.8) is 0 Å². The van der Waals surface area contributed by atoms with E-state index in [0.29, 0.717) is 6.04 Å². The molecule has 0 amide bonds. The zero-order valence-corrected chi connectivity index (χ0v) is 17.5. The summed E-state index contributed by atoms with van der Waals surface area (Å²) in [6, 6.07) is 15.7. The molecule has 1 aromatic carbocycles. The van der Waals surface area contributed by atoms with Crippen LogP contribution in [0.5, 0.6) is 0 Å². The second-order valence-electron chi connectivity index (χ2n) is 8.69. The summed E-state index contributed by atoms with van der Waals surface area (Å²) in [7, 11) is 0. The van der Waals surface area contributed by atoms with Gasteiger partial charge in [0, 0.05) is 18.3 Å². The largest absolute Gasteiger partial charge is 0.379 e. The predicted octanol–water partition coefficient (Wildman–Crippen LogP) is 5.34. The van der Waals surface area contributed by atoms with Crippen LogP contribution in [0.3, 0.4) is 0 Å². The van der Waals surface area contributed by atoms with Crippen molar-refractivity contribution in [2.45, 2.75) is 59.0 Å². The second kappa shape index (κ2) is 7.21. The minimum absolute atomic E-state index is 0.517. The van der Waals surface area contributed by atoms with Crippen molar-refractivity contribution >= 4 is 22.4 Å². The Hall–Kier alpha value is -2.82. The Labute approximate surface area is 171 Å². The van der Waals surface area contributed by atoms with Gasteiger partial charge in [0.25, 0.3) is 0 Å². The highest BCUT2D eigenvalue weighted by atomic mass is 15.3. The molecule has 5 heteroatoms. The van der Waals surface area contributed by atoms with Gasteiger partial charge in [0.15, 0.2) is 5.65 Å². The maximum Gasteiger partial charge on any atom is 0.184 e. The fraction of sp³-hybridized carbons (Fsp3) is 0.417. The number of hydrogen-bond donors (Lipinski definition) is 1. The number of aryl methyl sites for hydroxylation is 2. The third kappa shape index (κ3) is 3.28. The lowest BCUT2D eigenvalue weighted by atomic mass is 9.87. The molecule has 3 aromatic heterocycles. The molecule has 1 saturated carbocycles. The number of pyridine rings is 1. The number of nitrogens with one attached hydrogen (secondary N) is 1. The molecule has 0 atom stereocenters. The number of fused-ring (bicyclic) bond motifs is 3. The SMILES string of the molecule is Cc1cc2c(cc(NC3CCC(C)CC3)c3nnc(C)n32)n1Cc1ccccc1. The van der Waals surface area contributed by atoms with Gasteiger partial charge in [0.2, 0.25) is 0 Å². The van der Waals surface area contributed by atoms with E-state index in [1.165, 1.54) is 48.0 Å². The van der Waals surface area contributed by atoms with Gasteiger partial charge in [0.05, 0.1) is 16.7 Å². The lowest BCUT2D eigenvalue weighted by molar-refractivity contribution is 0.361. The molecule has 0 unspecified atom stereocenters. The fourth-order valence-electron chi connectivity index (χ4n) is 4.74. The van der Waals surface area contributed by atoms with Crippen LogP contribution in [0.25, 0.3) is 16.7 Å². The topological polar surface area (TPSA) is 47.1 Å². The molecule has 3 heterocycles. The predicted molar refractivity (Wildman–Crippen MR) is 119 cm³/mol. The van der Waals surface area contributed by atoms with Gasteiger partial charge >= 0.3 is 0 Å². The molecule has 1 fully saturated rings. The number of rotatable bonds is 4. The summed E-state index contributed by atoms with van der Waals surface area (Å²) in [5, 5.41) is 12.7. The van der Waals surface area contributed by atoms with Gasteiger partial charge in [-0.15, -0.1) is 10.2 Å². The van der Waals surface area contributed by atoms with Crippen LogP contribution < -0.4 is 5.32 Å². The van der Waals surface area contributed by atoms with E-state index >= 15 is 0 Å². The van der Waals surface area contributed by atoms with Crippen molar-refractivity contribution in [2.75, 3.05) is 5.32 Å². The zero-order valence-electron chi connectivity index (χ0n) is 17.5. The average Bonchev–Trinajstić information content (AvgIpc) is 3.25. The van der Waals surface area contributed by atoms with Crippen molar-refractivity contribution in [1.82, 2.24) is 19.2 Å². The number of benzene rings is 1. The highest BCUT2D eigenvalue weighted by Gasteiger charge is 2.21. The lowest BCUT2D eigenvalue weighted by Gasteiger charge is -2.28. The molecule has 0 bridgehead atoms. The van der Waals surface area contributed by atoms with Crippen LogP contribution in [0, 0.1) is 19.8 Å². The summed E-state index contributed by atoms with van der Waals surface area (Å²) in [5.74, 6) is 1.78. The van der Waals surface area contributed by atoms with Crippen molar-refractivity contribution in [3.05, 3.63) is 59.5 Å². The van der Waals surface area contributed by atoms with Crippen LogP contribution in [-0.4, -0.2) is 25.2 Å². The van der Waals surface area contributed by atoms with Crippen LogP contribution >= 0.6 is 0 Å². The fourth-order valence-corrected chi connectivity index (χ4v) is 4.74. The van der Waals surface area contributed by atoms with E-state index in [2.05, 4.69) is 80.8 Å². The van der Waals surface area contributed by atoms with Crippen molar-refractivity contribution in [3.8, 4) is 0 Å². The van der Waals surface area contributed by atoms with E-state index in [1.807, 2.05) is 6.92 Å². The van der Waals surface area contributed by atoms with Gasteiger partial charge < -0.3 is 9.88 Å². The maximum absolute atomic E-state index is 4.51. The van der Waals surface area contributed by atoms with E-state index < -0.39 is 0 Å². The van der Waals surface area contributed by atoms with Crippen molar-refractivity contribution in [2.24, 2.45) is 5.92 Å². The highest BCUT2D eigenvalue weighted by molar-refractivity contribution is 5.88. The third-order valence-corrected chi connectivity index (χ3v) is 6.47. The molecule has 5 rings (SSSR count). The third-order valence-electron chi connectivity index (χ3n) is 6.47. The minimum Gasteiger partial charge on any atom is -0.379 e. The molecule has 1 aliphatic rings. The van der Waals surface area contributed by atoms with Gasteiger partial charge in [-0.2, -0.15) is 0 Å². The summed E-state index contributed by atoms with van der Waals surface area (Å²) in [6.45, 7) is 7.45. The molecule has 0 spiro atoms. The molecule has 0 radical (unpaired) electrons. The Balaban J connectivity index is 1.61. The Morgan fingerprint density at radius 1 is 0.966 bits per heavy atom. The smallest absolute Gasteiger partial charge is 0.184 e. The standard InChI is InChI=1S/C24H29N5/c1-16-9-11-20(12-10-16)25-21-14-22-23(29-18(3)26-27-24(21)29)13-17(2)28(22)15-19-7-5-4-6-8-19/h4-8,13-14,16,20,25H,9-12,15H2,1-3H3. The normalized spacial score (nSPS) is 19.8. The first-order valence-electron chi connectivity index (χ1n) is 10.7. The van der Waals surface area contributed by atoms with Gasteiger partial charge in [-0.1, -0.05) is 37.3 Å². The van der Waals surface area contributed by atoms with E-state index in [9.17, 15) is 0 Å². The number of anilines is 1. The quantitative estimate of drug-likeness (QED) is 0.514. The van der Waals surface area contributed by atoms with Gasteiger partial charge in [-0.05, 0) is 63.1 Å². The van der Waals surface area contributed by atoms with E-state index in [-0.39, 0.29) is 0 Å². The first kappa shape index (κ1) is 18.2. The van der Waals surface area contributed by atoms with Gasteiger partial charge in [-0.25, -0.2) is 0 Å². The Morgan fingerprint density at radius 3 is 2.48 bits per heavy atom. The first-order chi connectivity index (χ1) is 14.1. The highest BCUT2D eigenvalue weighted by Crippen LogP contribution is 2.31. The van der Waals surface area contributed by atoms with Crippen LogP contribution in [0.15, 0.2) is 42.5 Å². The second-order valence-corrected chi connectivity index (χ2v) is 8.69. The van der Waals surface area contributed by atoms with Crippen LogP contribution in [0.4, 0.5) is 5.69 Å². The monoisotopic (exact) mass is 387 g/mol. The number of aromatic nitrogens is 4. The number of hydrogen-bond acceptors (Lipinski definition) is 3. The Kier molecular flexibility index (Phi) is 4.53. The Morgan fingerprint density at radius 2 is 1.72 bits per heavy atom. The van der Waals surface area contributed by atoms with Crippen molar-refractivity contribution in [1.29, 1.82) is 0 Å². The summed E-state index contributed by atoms with van der Waals surface area (Å²) >= 11 is 0. The Bertz CT molecular complexity index is 1150. The lowest BCUT2D eigenvalue weighted by Crippen LogP contribution is -2.25. The molecular weight excluding hydrogens is 358 g/mol. The zero-order chi connectivity index (χ0) is 20.0. The average molecular weight is 388 g/mol. The summed E-state index contributed by atoms with van der Waals surface area (Å²) < 4.78 is 4.61. The van der Waals surface area contributed by atoms with E-state index in [1.54, 1.807) is 0 Å². The van der Waals surface area contributed by atoms with E-state index in [4.69, 9.17) is 0 Å². The number of nitrogens with zero attached hydrogens (tertiary/aromatic N) is 4. The van der Waals surface area contributed by atoms with Crippen LogP contribution in [-0.2, 0) is 6.54 Å². The van der Waals surface area contributed by atoms with E-state index in [0.717, 1.165) is 29.6 Å². The molecule has 29 heavy (non-hydrogen) atoms. The molecule has 0 saturated heterocycles. The minimum atomic E-state index is 0.517. The first-order valence-corrected chi connectivity index (χ1v) is 10.7. The maximum atomic E-state index is 4.51. The van der Waals surface area contributed by atoms with Crippen LogP contribution in [0.1, 0.15) is 49.7 Å². The summed E-state index contributed by atoms with van der Waals surface area (Å²) in [6.07, 6.45) is 5.04. The molecular formula is C24H29N5. The molecule has 1 N–H and O–H groups in total. The van der Waals surface area contributed by atoms with Crippen molar-refractivity contribution < 1.29 is 0 Å². The molecule has 150 valence electrons. The summed E-state index contributed by atoms with van der Waals surface area (Å²) in [5.41, 5.74) is 7.01. The van der Waals surface area contributed by atoms with Crippen LogP contribution in [0.2, 0.25) is 0 Å². The molecule has 4 aromatic rings. The molecule has 1 aliphatic carbocycles. The van der Waals surface area contributed by atoms with Gasteiger partial charge in [0.1, 0.15) is 5.82 Å². The molecule has 0 aliphatic heterocycles. The summed E-state index contributed by atoms with van der Waals surface area (Å²) in [4.78, 5) is 0. The molecule has 5 nitrogen and oxygen atoms in total.